The molecule has 0 bridgehead atoms. The van der Waals surface area contributed by atoms with Gasteiger partial charge in [-0.25, -0.2) is 4.79 Å². The average molecular weight is 563 g/mol. The van der Waals surface area contributed by atoms with Crippen molar-refractivity contribution in [2.24, 2.45) is 0 Å². The number of ether oxygens (including phenoxy) is 1. The van der Waals surface area contributed by atoms with E-state index in [1.54, 1.807) is 0 Å². The molecule has 0 aromatic carbocycles. The van der Waals surface area contributed by atoms with Gasteiger partial charge >= 0.3 is 12.1 Å². The summed E-state index contributed by atoms with van der Waals surface area (Å²) in [7, 11) is 0. The van der Waals surface area contributed by atoms with Crippen molar-refractivity contribution in [1.29, 1.82) is 0 Å². The molecule has 0 aromatic heterocycles. The van der Waals surface area contributed by atoms with Crippen molar-refractivity contribution in [3.63, 3.8) is 0 Å². The Morgan fingerprint density at radius 1 is 0.410 bits per heavy atom. The van der Waals surface area contributed by atoms with Gasteiger partial charge in [0.15, 0.2) is 0 Å². The maximum atomic E-state index is 12.0. The second-order valence-corrected chi connectivity index (χ2v) is 11.9. The van der Waals surface area contributed by atoms with E-state index in [4.69, 9.17) is 0 Å². The molecule has 2 nitrogen and oxygen atoms in total. The summed E-state index contributed by atoms with van der Waals surface area (Å²) in [5.41, 5.74) is 0. The van der Waals surface area contributed by atoms with Gasteiger partial charge in [-0.1, -0.05) is 193 Å². The Bertz CT molecular complexity index is 493. The lowest BCUT2D eigenvalue weighted by molar-refractivity contribution is -0.199. The SMILES string of the molecule is CCCCCCCCCCCCCCCCCCCCCCCCCCCCCCCCOC(=O)C(F)(F)F. The quantitative estimate of drug-likeness (QED) is 0.0620. The fourth-order valence-electron chi connectivity index (χ4n) is 5.37. The van der Waals surface area contributed by atoms with Gasteiger partial charge < -0.3 is 4.74 Å². The molecular weight excluding hydrogens is 497 g/mol. The number of hydrogen-bond donors (Lipinski definition) is 0. The maximum Gasteiger partial charge on any atom is 0.490 e. The number of carbonyl (C=O) groups excluding carboxylic acids is 1. The van der Waals surface area contributed by atoms with Crippen LogP contribution >= 0.6 is 0 Å². The minimum absolute atomic E-state index is 0.127. The Balaban J connectivity index is 3.08. The molecule has 0 aliphatic heterocycles. The minimum atomic E-state index is -4.87. The van der Waals surface area contributed by atoms with E-state index in [2.05, 4.69) is 11.7 Å². The summed E-state index contributed by atoms with van der Waals surface area (Å²) < 4.78 is 40.2. The molecule has 0 atom stereocenters. The molecule has 234 valence electrons. The number of esters is 1. The third-order valence-corrected chi connectivity index (χ3v) is 7.96. The molecule has 0 saturated carbocycles. The van der Waals surface area contributed by atoms with Gasteiger partial charge in [-0.3, -0.25) is 0 Å². The minimum Gasteiger partial charge on any atom is -0.459 e. The Labute approximate surface area is 241 Å². The first kappa shape index (κ1) is 38.3. The first-order valence-electron chi connectivity index (χ1n) is 17.2. The zero-order valence-electron chi connectivity index (χ0n) is 25.9. The van der Waals surface area contributed by atoms with Crippen molar-refractivity contribution in [2.45, 2.75) is 206 Å². The van der Waals surface area contributed by atoms with Gasteiger partial charge in [-0.05, 0) is 6.42 Å². The molecule has 5 heteroatoms. The van der Waals surface area contributed by atoms with Crippen molar-refractivity contribution in [3.8, 4) is 0 Å². The molecule has 0 radical (unpaired) electrons. The first-order chi connectivity index (χ1) is 19.0. The molecule has 0 fully saturated rings. The van der Waals surface area contributed by atoms with Gasteiger partial charge in [0.1, 0.15) is 0 Å². The molecule has 0 amide bonds. The predicted molar refractivity (Wildman–Crippen MR) is 161 cm³/mol. The van der Waals surface area contributed by atoms with E-state index < -0.39 is 12.1 Å². The molecule has 0 spiro atoms. The van der Waals surface area contributed by atoms with E-state index in [9.17, 15) is 18.0 Å². The van der Waals surface area contributed by atoms with Crippen LogP contribution in [0, 0.1) is 0 Å². The third-order valence-electron chi connectivity index (χ3n) is 7.96. The lowest BCUT2D eigenvalue weighted by Crippen LogP contribution is -2.25. The summed E-state index contributed by atoms with van der Waals surface area (Å²) in [5.74, 6) is -2.07. The largest absolute Gasteiger partial charge is 0.490 e. The molecule has 39 heavy (non-hydrogen) atoms. The standard InChI is InChI=1S/C34H65F3O2/c1-2-3-4-5-6-7-8-9-10-11-12-13-14-15-16-17-18-19-20-21-22-23-24-25-26-27-28-29-30-31-32-39-33(38)34(35,36)37/h2-32H2,1H3. The molecule has 0 unspecified atom stereocenters. The fraction of sp³-hybridized carbons (Fsp3) is 0.971. The lowest BCUT2D eigenvalue weighted by Gasteiger charge is -2.07. The summed E-state index contributed by atoms with van der Waals surface area (Å²) >= 11 is 0. The van der Waals surface area contributed by atoms with Crippen LogP contribution in [0.25, 0.3) is 0 Å². The van der Waals surface area contributed by atoms with Gasteiger partial charge in [0.25, 0.3) is 0 Å². The molecule has 0 aromatic rings. The van der Waals surface area contributed by atoms with Gasteiger partial charge in [-0.15, -0.1) is 0 Å². The van der Waals surface area contributed by atoms with Crippen molar-refractivity contribution >= 4 is 5.97 Å². The van der Waals surface area contributed by atoms with Crippen molar-refractivity contribution in [1.82, 2.24) is 0 Å². The summed E-state index contributed by atoms with van der Waals surface area (Å²) in [5, 5.41) is 0. The Morgan fingerprint density at radius 3 is 0.821 bits per heavy atom. The van der Waals surface area contributed by atoms with Gasteiger partial charge in [0, 0.05) is 0 Å². The highest BCUT2D eigenvalue weighted by Gasteiger charge is 2.40. The van der Waals surface area contributed by atoms with Gasteiger partial charge in [0.2, 0.25) is 0 Å². The Hall–Kier alpha value is -0.740. The van der Waals surface area contributed by atoms with Crippen molar-refractivity contribution in [3.05, 3.63) is 0 Å². The highest BCUT2D eigenvalue weighted by atomic mass is 19.4. The van der Waals surface area contributed by atoms with E-state index in [1.165, 1.54) is 167 Å². The number of carbonyl (C=O) groups is 1. The van der Waals surface area contributed by atoms with Crippen LogP contribution in [0.4, 0.5) is 13.2 Å². The van der Waals surface area contributed by atoms with Gasteiger partial charge in [0.05, 0.1) is 6.61 Å². The van der Waals surface area contributed by atoms with E-state index in [0.29, 0.717) is 6.42 Å². The van der Waals surface area contributed by atoms with E-state index in [-0.39, 0.29) is 6.61 Å². The van der Waals surface area contributed by atoms with Crippen LogP contribution in [0.3, 0.4) is 0 Å². The monoisotopic (exact) mass is 562 g/mol. The second-order valence-electron chi connectivity index (χ2n) is 11.9. The number of rotatable bonds is 31. The number of halogens is 3. The zero-order chi connectivity index (χ0) is 28.7. The summed E-state index contributed by atoms with van der Waals surface area (Å²) in [4.78, 5) is 10.6. The van der Waals surface area contributed by atoms with Crippen LogP contribution in [0.15, 0.2) is 0 Å². The van der Waals surface area contributed by atoms with E-state index in [0.717, 1.165) is 19.3 Å². The van der Waals surface area contributed by atoms with Crippen LogP contribution in [0.1, 0.15) is 200 Å². The van der Waals surface area contributed by atoms with Crippen LogP contribution in [-0.4, -0.2) is 18.8 Å². The molecular formula is C34H65F3O2. The fourth-order valence-corrected chi connectivity index (χ4v) is 5.37. The molecule has 0 N–H and O–H groups in total. The van der Waals surface area contributed by atoms with Crippen molar-refractivity contribution < 1.29 is 22.7 Å². The van der Waals surface area contributed by atoms with Crippen LogP contribution in [0.5, 0.6) is 0 Å². The molecule has 0 aliphatic carbocycles. The number of unbranched alkanes of at least 4 members (excludes halogenated alkanes) is 29. The highest BCUT2D eigenvalue weighted by Crippen LogP contribution is 2.18. The van der Waals surface area contributed by atoms with Gasteiger partial charge in [-0.2, -0.15) is 13.2 Å². The topological polar surface area (TPSA) is 26.3 Å². The van der Waals surface area contributed by atoms with Crippen LogP contribution in [0.2, 0.25) is 0 Å². The first-order valence-corrected chi connectivity index (χ1v) is 17.2. The van der Waals surface area contributed by atoms with Crippen molar-refractivity contribution in [2.75, 3.05) is 6.61 Å². The number of alkyl halides is 3. The number of hydrogen-bond acceptors (Lipinski definition) is 2. The molecule has 0 aliphatic rings. The molecule has 0 rings (SSSR count). The average Bonchev–Trinajstić information content (AvgIpc) is 2.91. The molecule has 0 saturated heterocycles. The van der Waals surface area contributed by atoms with Crippen LogP contribution < -0.4 is 0 Å². The predicted octanol–water partition coefficient (Wildman–Crippen LogP) is 12.8. The normalized spacial score (nSPS) is 11.8. The molecule has 0 heterocycles. The smallest absolute Gasteiger partial charge is 0.459 e. The van der Waals surface area contributed by atoms with Crippen LogP contribution in [-0.2, 0) is 9.53 Å². The van der Waals surface area contributed by atoms with E-state index >= 15 is 0 Å². The summed E-state index contributed by atoms with van der Waals surface area (Å²) in [6.45, 7) is 2.16. The Kier molecular flexibility index (Phi) is 29.7. The zero-order valence-corrected chi connectivity index (χ0v) is 25.9. The summed E-state index contributed by atoms with van der Waals surface area (Å²) in [6.07, 6.45) is 35.1. The highest BCUT2D eigenvalue weighted by molar-refractivity contribution is 5.75. The second kappa shape index (κ2) is 30.2. The Morgan fingerprint density at radius 2 is 0.615 bits per heavy atom. The maximum absolute atomic E-state index is 12.0. The third kappa shape index (κ3) is 31.6. The lowest BCUT2D eigenvalue weighted by atomic mass is 10.0. The van der Waals surface area contributed by atoms with E-state index in [1.807, 2.05) is 0 Å². The summed E-state index contributed by atoms with van der Waals surface area (Å²) in [6, 6.07) is 0.